The lowest BCUT2D eigenvalue weighted by Crippen LogP contribution is -2.59. The normalized spacial score (nSPS) is 22.7. The molecule has 1 amide bonds. The number of nitrogens with one attached hydrogen (secondary N) is 2. The number of aromatic nitrogens is 3. The van der Waals surface area contributed by atoms with Crippen molar-refractivity contribution in [1.29, 1.82) is 0 Å². The van der Waals surface area contributed by atoms with Gasteiger partial charge in [-0.2, -0.15) is 0 Å². The first-order valence-electron chi connectivity index (χ1n) is 27.1. The fourth-order valence-corrected chi connectivity index (χ4v) is 13.4. The second-order valence-electron chi connectivity index (χ2n) is 22.5. The molecule has 2 aliphatic heterocycles. The van der Waals surface area contributed by atoms with Crippen molar-refractivity contribution < 1.29 is 36.9 Å². The zero-order valence-electron chi connectivity index (χ0n) is 44.3. The SMILES string of the molecule is COc1cc(CN2CCN(C3CC4(CCN(c5ccc(C(=O)NS(=O)(=O)c6cnc(NCC7CCC(C)(O)CC7)c(N(C)[O-])c6)c(Oc6cc7c(nc6OC)CC=C7F)c5)CC4)C3)C(c3ccccc3C3CC3)C2)ccn1. The summed E-state index contributed by atoms with van der Waals surface area (Å²) >= 11 is 0. The van der Waals surface area contributed by atoms with E-state index < -0.39 is 32.3 Å². The molecule has 2 saturated heterocycles. The number of pyridine rings is 3. The molecule has 1 spiro atoms. The minimum absolute atomic E-state index is 0.0169. The minimum Gasteiger partial charge on any atom is -0.758 e. The highest BCUT2D eigenvalue weighted by Crippen LogP contribution is 2.54. The largest absolute Gasteiger partial charge is 0.758 e. The summed E-state index contributed by atoms with van der Waals surface area (Å²) in [5.41, 5.74) is 5.03. The van der Waals surface area contributed by atoms with Crippen LogP contribution in [0.4, 0.5) is 21.6 Å². The average Bonchev–Trinajstić information content (AvgIpc) is 4.22. The number of fused-ring (bicyclic) bond motifs is 1. The lowest BCUT2D eigenvalue weighted by atomic mass is 9.59. The zero-order chi connectivity index (χ0) is 53.6. The fourth-order valence-electron chi connectivity index (χ4n) is 12.5. The molecule has 0 bridgehead atoms. The number of anilines is 3. The van der Waals surface area contributed by atoms with E-state index >= 15 is 4.39 Å². The first kappa shape index (κ1) is 52.7. The number of piperidine rings is 1. The lowest BCUT2D eigenvalue weighted by Gasteiger charge is -2.58. The maximum absolute atomic E-state index is 15.0. The summed E-state index contributed by atoms with van der Waals surface area (Å²) < 4.78 is 62.7. The molecule has 11 rings (SSSR count). The molecule has 408 valence electrons. The number of sulfonamides is 1. The summed E-state index contributed by atoms with van der Waals surface area (Å²) in [6.07, 6.45) is 14.2. The van der Waals surface area contributed by atoms with Crippen LogP contribution in [-0.2, 0) is 23.0 Å². The number of allylic oxidation sites excluding steroid dienone is 1. The highest BCUT2D eigenvalue weighted by molar-refractivity contribution is 7.90. The number of carbonyl (C=O) groups is 1. The Morgan fingerprint density at radius 2 is 1.69 bits per heavy atom. The number of amides is 1. The molecular weight excluding hydrogens is 1000 g/mol. The van der Waals surface area contributed by atoms with E-state index in [9.17, 15) is 23.5 Å². The average molecular weight is 1070 g/mol. The van der Waals surface area contributed by atoms with Crippen LogP contribution in [0.2, 0.25) is 0 Å². The monoisotopic (exact) mass is 1070 g/mol. The molecule has 19 heteroatoms. The molecule has 5 heterocycles. The van der Waals surface area contributed by atoms with Crippen LogP contribution in [-0.4, -0.2) is 116 Å². The maximum Gasteiger partial charge on any atom is 0.268 e. The van der Waals surface area contributed by atoms with Crippen molar-refractivity contribution in [3.8, 4) is 23.3 Å². The number of rotatable bonds is 17. The van der Waals surface area contributed by atoms with E-state index in [2.05, 4.69) is 70.0 Å². The molecule has 6 aliphatic rings. The number of methoxy groups -OCH3 is 2. The Labute approximate surface area is 450 Å². The molecular formula is C58H69FN9O8S-. The number of hydroxylamine groups is 1. The molecule has 1 atom stereocenters. The first-order chi connectivity index (χ1) is 37.1. The number of ether oxygens (including phenoxy) is 3. The first-order valence-corrected chi connectivity index (χ1v) is 28.6. The van der Waals surface area contributed by atoms with Gasteiger partial charge < -0.3 is 39.8 Å². The van der Waals surface area contributed by atoms with Crippen molar-refractivity contribution in [2.24, 2.45) is 11.3 Å². The summed E-state index contributed by atoms with van der Waals surface area (Å²) in [6, 6.07) is 21.7. The van der Waals surface area contributed by atoms with Crippen molar-refractivity contribution in [2.45, 2.75) is 113 Å². The summed E-state index contributed by atoms with van der Waals surface area (Å²) in [5.74, 6) is 0.408. The van der Waals surface area contributed by atoms with Gasteiger partial charge in [0.1, 0.15) is 22.3 Å². The summed E-state index contributed by atoms with van der Waals surface area (Å²) in [7, 11) is -0.275. The molecule has 1 unspecified atom stereocenters. The summed E-state index contributed by atoms with van der Waals surface area (Å²) in [4.78, 5) is 34.7. The quantitative estimate of drug-likeness (QED) is 0.0745. The number of halogens is 1. The molecule has 77 heavy (non-hydrogen) atoms. The van der Waals surface area contributed by atoms with E-state index in [0.29, 0.717) is 48.0 Å². The second kappa shape index (κ2) is 21.5. The number of piperazine rings is 1. The van der Waals surface area contributed by atoms with Gasteiger partial charge in [-0.3, -0.25) is 14.6 Å². The van der Waals surface area contributed by atoms with Gasteiger partial charge in [0.2, 0.25) is 5.88 Å². The van der Waals surface area contributed by atoms with E-state index in [1.165, 1.54) is 68.0 Å². The Bertz CT molecular complexity index is 3150. The summed E-state index contributed by atoms with van der Waals surface area (Å²) in [6.45, 7) is 7.59. The number of hydrogen-bond acceptors (Lipinski definition) is 16. The number of aliphatic hydroxyl groups is 1. The van der Waals surface area contributed by atoms with Crippen molar-refractivity contribution in [3.05, 3.63) is 124 Å². The van der Waals surface area contributed by atoms with Crippen LogP contribution in [0.1, 0.15) is 121 Å². The molecule has 17 nitrogen and oxygen atoms in total. The molecule has 4 aliphatic carbocycles. The van der Waals surface area contributed by atoms with Crippen molar-refractivity contribution >= 4 is 38.9 Å². The topological polar surface area (TPSA) is 198 Å². The molecule has 3 N–H and O–H groups in total. The van der Waals surface area contributed by atoms with Crippen LogP contribution in [0.5, 0.6) is 23.3 Å². The van der Waals surface area contributed by atoms with Crippen molar-refractivity contribution in [2.75, 3.05) is 75.8 Å². The number of nitrogens with zero attached hydrogens (tertiary/aromatic N) is 7. The zero-order valence-corrected chi connectivity index (χ0v) is 45.2. The van der Waals surface area contributed by atoms with Crippen LogP contribution >= 0.6 is 0 Å². The van der Waals surface area contributed by atoms with Crippen LogP contribution in [0.3, 0.4) is 0 Å². The van der Waals surface area contributed by atoms with Gasteiger partial charge >= 0.3 is 0 Å². The molecule has 3 aromatic heterocycles. The second-order valence-corrected chi connectivity index (χ2v) is 24.2. The predicted octanol–water partition coefficient (Wildman–Crippen LogP) is 9.14. The van der Waals surface area contributed by atoms with Gasteiger partial charge in [0.25, 0.3) is 21.8 Å². The van der Waals surface area contributed by atoms with E-state index in [1.807, 2.05) is 19.2 Å². The Hall–Kier alpha value is -6.38. The molecule has 0 radical (unpaired) electrons. The fraction of sp³-hybridized carbons (Fsp3) is 0.483. The standard InChI is InChI=1S/C58H69FN9O8S/c1-57(70)18-15-37(16-19-57)33-61-54-49(65(2)71)29-42(34-62-54)77(72,73)64-55(69)45-12-11-40(28-51(45)76-52-30-46-47(59)13-14-48(46)63-56(52)75-4)67-23-20-58(21-24-67)31-41(32-58)68-26-25-66(35-38-17-22-60-53(27-38)74-3)36-50(68)44-8-6-5-7-43(44)39-9-10-39/h5-8,11-13,17,22,27-30,34,37,39,41,50,70H,9-10,14-16,18-21,23-26,31-33,35-36H2,1-4H3,(H,61,62)(H,64,69)/q-1. The number of benzene rings is 2. The third-order valence-corrected chi connectivity index (χ3v) is 18.4. The van der Waals surface area contributed by atoms with Gasteiger partial charge in [-0.1, -0.05) is 24.3 Å². The van der Waals surface area contributed by atoms with Crippen LogP contribution in [0, 0.1) is 16.5 Å². The van der Waals surface area contributed by atoms with E-state index in [-0.39, 0.29) is 63.8 Å². The van der Waals surface area contributed by atoms with E-state index in [1.54, 1.807) is 19.2 Å². The van der Waals surface area contributed by atoms with Gasteiger partial charge in [0.15, 0.2) is 5.75 Å². The maximum atomic E-state index is 15.0. The van der Waals surface area contributed by atoms with Crippen molar-refractivity contribution in [3.63, 3.8) is 0 Å². The predicted molar refractivity (Wildman–Crippen MR) is 293 cm³/mol. The minimum atomic E-state index is -4.60. The van der Waals surface area contributed by atoms with Gasteiger partial charge in [-0.05, 0) is 149 Å². The third-order valence-electron chi connectivity index (χ3n) is 17.1. The van der Waals surface area contributed by atoms with E-state index in [4.69, 9.17) is 14.2 Å². The molecule has 2 aromatic carbocycles. The highest BCUT2D eigenvalue weighted by Gasteiger charge is 2.50. The van der Waals surface area contributed by atoms with Gasteiger partial charge in [0, 0.05) is 100 Å². The smallest absolute Gasteiger partial charge is 0.268 e. The van der Waals surface area contributed by atoms with Crippen LogP contribution < -0.4 is 34.2 Å². The van der Waals surface area contributed by atoms with Crippen LogP contribution in [0.25, 0.3) is 5.83 Å². The Balaban J connectivity index is 0.800. The van der Waals surface area contributed by atoms with E-state index in [0.717, 1.165) is 89.7 Å². The molecule has 5 aromatic rings. The van der Waals surface area contributed by atoms with Gasteiger partial charge in [-0.25, -0.2) is 32.5 Å². The van der Waals surface area contributed by atoms with Crippen molar-refractivity contribution in [1.82, 2.24) is 29.5 Å². The summed E-state index contributed by atoms with van der Waals surface area (Å²) in [5, 5.41) is 26.9. The number of hydrogen-bond donors (Lipinski definition) is 3. The lowest BCUT2D eigenvalue weighted by molar-refractivity contribution is -0.0627. The third kappa shape index (κ3) is 11.3. The van der Waals surface area contributed by atoms with Gasteiger partial charge in [0.05, 0.1) is 36.8 Å². The Kier molecular flexibility index (Phi) is 14.7. The molecule has 5 fully saturated rings. The van der Waals surface area contributed by atoms with Crippen LogP contribution in [0.15, 0.2) is 90.1 Å². The Morgan fingerprint density at radius 1 is 0.922 bits per heavy atom. The number of carbonyl (C=O) groups excluding carboxylic acids is 1. The highest BCUT2D eigenvalue weighted by atomic mass is 32.2. The Morgan fingerprint density at radius 3 is 2.42 bits per heavy atom. The van der Waals surface area contributed by atoms with Gasteiger partial charge in [-0.15, -0.1) is 0 Å². The molecule has 3 saturated carbocycles.